The zero-order valence-corrected chi connectivity index (χ0v) is 18.0. The number of aliphatic imine (C=N–C) groups is 1. The Bertz CT molecular complexity index is 1200. The van der Waals surface area contributed by atoms with E-state index in [1.165, 1.54) is 7.11 Å². The van der Waals surface area contributed by atoms with Crippen LogP contribution in [0.1, 0.15) is 16.7 Å². The van der Waals surface area contributed by atoms with Crippen molar-refractivity contribution < 1.29 is 19.0 Å². The SMILES string of the molecule is COc1ccc(Cl)cc1C1=N/C(=C/c2cccc(OCc3ccccc3Cl)c2)C(=O)O1. The van der Waals surface area contributed by atoms with Gasteiger partial charge in [-0.25, -0.2) is 9.79 Å². The van der Waals surface area contributed by atoms with Crippen LogP contribution in [0.2, 0.25) is 10.0 Å². The van der Waals surface area contributed by atoms with Gasteiger partial charge in [-0.05, 0) is 48.0 Å². The zero-order valence-electron chi connectivity index (χ0n) is 16.5. The number of ether oxygens (including phenoxy) is 3. The molecule has 1 heterocycles. The molecule has 0 fully saturated rings. The molecule has 5 nitrogen and oxygen atoms in total. The summed E-state index contributed by atoms with van der Waals surface area (Å²) in [4.78, 5) is 16.7. The van der Waals surface area contributed by atoms with Gasteiger partial charge in [0.1, 0.15) is 18.1 Å². The van der Waals surface area contributed by atoms with E-state index in [1.807, 2.05) is 48.5 Å². The van der Waals surface area contributed by atoms with Crippen molar-refractivity contribution in [3.05, 3.63) is 99.2 Å². The van der Waals surface area contributed by atoms with E-state index < -0.39 is 5.97 Å². The molecule has 0 unspecified atom stereocenters. The number of hydrogen-bond donors (Lipinski definition) is 0. The molecule has 0 aliphatic carbocycles. The highest BCUT2D eigenvalue weighted by Gasteiger charge is 2.26. The molecule has 0 saturated carbocycles. The third-order valence-electron chi connectivity index (χ3n) is 4.53. The van der Waals surface area contributed by atoms with Crippen molar-refractivity contribution in [2.24, 2.45) is 4.99 Å². The van der Waals surface area contributed by atoms with E-state index in [4.69, 9.17) is 37.4 Å². The summed E-state index contributed by atoms with van der Waals surface area (Å²) in [6, 6.07) is 19.8. The molecule has 0 spiro atoms. The van der Waals surface area contributed by atoms with E-state index in [0.717, 1.165) is 11.1 Å². The third-order valence-corrected chi connectivity index (χ3v) is 5.13. The van der Waals surface area contributed by atoms with Crippen LogP contribution in [0.15, 0.2) is 77.4 Å². The van der Waals surface area contributed by atoms with Gasteiger partial charge in [-0.15, -0.1) is 0 Å². The Labute approximate surface area is 189 Å². The molecule has 0 radical (unpaired) electrons. The molecule has 0 aromatic heterocycles. The summed E-state index contributed by atoms with van der Waals surface area (Å²) in [5.41, 5.74) is 2.30. The van der Waals surface area contributed by atoms with Crippen LogP contribution in [-0.2, 0) is 16.1 Å². The highest BCUT2D eigenvalue weighted by atomic mass is 35.5. The maximum atomic E-state index is 12.4. The minimum Gasteiger partial charge on any atom is -0.496 e. The number of halogens is 2. The van der Waals surface area contributed by atoms with Crippen molar-refractivity contribution >= 4 is 41.1 Å². The van der Waals surface area contributed by atoms with Crippen LogP contribution in [0.3, 0.4) is 0 Å². The first kappa shape index (κ1) is 21.0. The minimum absolute atomic E-state index is 0.140. The fourth-order valence-corrected chi connectivity index (χ4v) is 3.36. The Hall–Kier alpha value is -3.28. The largest absolute Gasteiger partial charge is 0.496 e. The monoisotopic (exact) mass is 453 g/mol. The Morgan fingerprint density at radius 2 is 1.87 bits per heavy atom. The topological polar surface area (TPSA) is 57.1 Å². The summed E-state index contributed by atoms with van der Waals surface area (Å²) in [6.45, 7) is 0.332. The van der Waals surface area contributed by atoms with E-state index in [9.17, 15) is 4.79 Å². The number of carbonyl (C=O) groups excluding carboxylic acids is 1. The lowest BCUT2D eigenvalue weighted by Gasteiger charge is -2.08. The first-order valence-corrected chi connectivity index (χ1v) is 10.1. The number of rotatable bonds is 6. The van der Waals surface area contributed by atoms with Gasteiger partial charge in [-0.1, -0.05) is 53.5 Å². The maximum absolute atomic E-state index is 12.4. The predicted octanol–water partition coefficient (Wildman–Crippen LogP) is 5.93. The molecule has 1 aliphatic heterocycles. The van der Waals surface area contributed by atoms with Gasteiger partial charge in [0.15, 0.2) is 5.70 Å². The van der Waals surface area contributed by atoms with Gasteiger partial charge in [0.05, 0.1) is 12.7 Å². The quantitative estimate of drug-likeness (QED) is 0.343. The molecule has 0 N–H and O–H groups in total. The average molecular weight is 454 g/mol. The number of benzene rings is 3. The van der Waals surface area contributed by atoms with Crippen LogP contribution in [0.4, 0.5) is 0 Å². The Kier molecular flexibility index (Phi) is 6.26. The molecule has 31 heavy (non-hydrogen) atoms. The van der Waals surface area contributed by atoms with Gasteiger partial charge < -0.3 is 14.2 Å². The van der Waals surface area contributed by atoms with Crippen molar-refractivity contribution in [3.8, 4) is 11.5 Å². The van der Waals surface area contributed by atoms with E-state index >= 15 is 0 Å². The molecule has 0 bridgehead atoms. The number of nitrogens with zero attached hydrogens (tertiary/aromatic N) is 1. The van der Waals surface area contributed by atoms with Crippen molar-refractivity contribution in [1.82, 2.24) is 0 Å². The fraction of sp³-hybridized carbons (Fsp3) is 0.0833. The van der Waals surface area contributed by atoms with E-state index in [2.05, 4.69) is 4.99 Å². The van der Waals surface area contributed by atoms with Crippen LogP contribution >= 0.6 is 23.2 Å². The van der Waals surface area contributed by atoms with Crippen molar-refractivity contribution in [1.29, 1.82) is 0 Å². The third kappa shape index (κ3) is 4.90. The Morgan fingerprint density at radius 1 is 1.03 bits per heavy atom. The molecular formula is C24H17Cl2NO4. The molecule has 0 amide bonds. The summed E-state index contributed by atoms with van der Waals surface area (Å²) >= 11 is 12.2. The van der Waals surface area contributed by atoms with Crippen LogP contribution in [0.25, 0.3) is 6.08 Å². The molecule has 0 saturated heterocycles. The van der Waals surface area contributed by atoms with E-state index in [0.29, 0.717) is 33.7 Å². The summed E-state index contributed by atoms with van der Waals surface area (Å²) in [5, 5.41) is 1.13. The lowest BCUT2D eigenvalue weighted by atomic mass is 10.2. The van der Waals surface area contributed by atoms with Gasteiger partial charge in [-0.3, -0.25) is 0 Å². The predicted molar refractivity (Wildman–Crippen MR) is 121 cm³/mol. The second-order valence-electron chi connectivity index (χ2n) is 6.63. The van der Waals surface area contributed by atoms with Gasteiger partial charge in [0.25, 0.3) is 0 Å². The van der Waals surface area contributed by atoms with Crippen LogP contribution in [-0.4, -0.2) is 19.0 Å². The first-order valence-electron chi connectivity index (χ1n) is 9.36. The van der Waals surface area contributed by atoms with Crippen LogP contribution in [0.5, 0.6) is 11.5 Å². The highest BCUT2D eigenvalue weighted by Crippen LogP contribution is 2.28. The number of methoxy groups -OCH3 is 1. The van der Waals surface area contributed by atoms with Gasteiger partial charge in [-0.2, -0.15) is 0 Å². The molecule has 0 atom stereocenters. The average Bonchev–Trinajstić information content (AvgIpc) is 3.13. The molecule has 1 aliphatic rings. The summed E-state index contributed by atoms with van der Waals surface area (Å²) in [6.07, 6.45) is 1.63. The standard InChI is InChI=1S/C24H17Cl2NO4/c1-29-22-10-9-17(25)13-19(22)23-27-21(24(28)31-23)12-15-5-4-7-18(11-15)30-14-16-6-2-3-8-20(16)26/h2-13H,14H2,1H3/b21-12+. The van der Waals surface area contributed by atoms with Crippen molar-refractivity contribution in [3.63, 3.8) is 0 Å². The minimum atomic E-state index is -0.556. The highest BCUT2D eigenvalue weighted by molar-refractivity contribution is 6.31. The second kappa shape index (κ2) is 9.25. The lowest BCUT2D eigenvalue weighted by Crippen LogP contribution is -2.07. The summed E-state index contributed by atoms with van der Waals surface area (Å²) in [7, 11) is 1.52. The zero-order chi connectivity index (χ0) is 21.8. The van der Waals surface area contributed by atoms with E-state index in [1.54, 1.807) is 24.3 Å². The number of esters is 1. The molecule has 156 valence electrons. The van der Waals surface area contributed by atoms with Gasteiger partial charge in [0, 0.05) is 15.6 Å². The first-order chi connectivity index (χ1) is 15.0. The van der Waals surface area contributed by atoms with E-state index in [-0.39, 0.29) is 11.6 Å². The number of carbonyl (C=O) groups is 1. The second-order valence-corrected chi connectivity index (χ2v) is 7.48. The van der Waals surface area contributed by atoms with Crippen LogP contribution < -0.4 is 9.47 Å². The normalized spacial score (nSPS) is 14.4. The molecule has 3 aromatic rings. The van der Waals surface area contributed by atoms with Crippen molar-refractivity contribution in [2.75, 3.05) is 7.11 Å². The Morgan fingerprint density at radius 3 is 2.68 bits per heavy atom. The lowest BCUT2D eigenvalue weighted by molar-refractivity contribution is -0.129. The number of cyclic esters (lactones) is 1. The van der Waals surface area contributed by atoms with Crippen LogP contribution in [0, 0.1) is 0 Å². The van der Waals surface area contributed by atoms with Gasteiger partial charge >= 0.3 is 5.97 Å². The summed E-state index contributed by atoms with van der Waals surface area (Å²) in [5.74, 6) is 0.731. The molecule has 7 heteroatoms. The van der Waals surface area contributed by atoms with Gasteiger partial charge in [0.2, 0.25) is 5.90 Å². The Balaban J connectivity index is 1.56. The fourth-order valence-electron chi connectivity index (χ4n) is 3.00. The maximum Gasteiger partial charge on any atom is 0.363 e. The number of hydrogen-bond acceptors (Lipinski definition) is 5. The molecular weight excluding hydrogens is 437 g/mol. The molecule has 4 rings (SSSR count). The summed E-state index contributed by atoms with van der Waals surface area (Å²) < 4.78 is 16.5. The smallest absolute Gasteiger partial charge is 0.363 e. The molecule has 3 aromatic carbocycles. The van der Waals surface area contributed by atoms with Crippen molar-refractivity contribution in [2.45, 2.75) is 6.61 Å².